The molecule has 0 aliphatic carbocycles. The maximum Gasteiger partial charge on any atom is 0.144 e. The molecule has 0 amide bonds. The standard InChI is InChI=1S/C28H21N3/c1-20-9-5-7-13-25(20)30-18-17-29-28(30)21-15-16-27-24(19-21)23-12-6-8-14-26(23)31(27)22-10-3-2-4-11-22/h2-19H,1H3. The second-order valence-corrected chi connectivity index (χ2v) is 7.83. The fourth-order valence-electron chi connectivity index (χ4n) is 4.51. The first kappa shape index (κ1) is 17.7. The van der Waals surface area contributed by atoms with Crippen molar-refractivity contribution in [3.05, 3.63) is 115 Å². The summed E-state index contributed by atoms with van der Waals surface area (Å²) in [6.07, 6.45) is 3.91. The Bertz CT molecular complexity index is 1540. The minimum Gasteiger partial charge on any atom is -0.309 e. The Kier molecular flexibility index (Phi) is 4.00. The third-order valence-corrected chi connectivity index (χ3v) is 5.96. The van der Waals surface area contributed by atoms with Crippen LogP contribution in [-0.4, -0.2) is 14.1 Å². The predicted octanol–water partition coefficient (Wildman–Crippen LogP) is 6.94. The molecular weight excluding hydrogens is 378 g/mol. The molecule has 4 aromatic carbocycles. The molecule has 2 heterocycles. The second-order valence-electron chi connectivity index (χ2n) is 7.83. The lowest BCUT2D eigenvalue weighted by molar-refractivity contribution is 1.05. The quantitative estimate of drug-likeness (QED) is 0.316. The van der Waals surface area contributed by atoms with Crippen molar-refractivity contribution in [2.75, 3.05) is 0 Å². The van der Waals surface area contributed by atoms with Crippen LogP contribution in [0.1, 0.15) is 5.56 Å². The zero-order valence-corrected chi connectivity index (χ0v) is 17.2. The predicted molar refractivity (Wildman–Crippen MR) is 128 cm³/mol. The number of fused-ring (bicyclic) bond motifs is 3. The van der Waals surface area contributed by atoms with Crippen molar-refractivity contribution in [1.29, 1.82) is 0 Å². The summed E-state index contributed by atoms with van der Waals surface area (Å²) in [4.78, 5) is 4.71. The van der Waals surface area contributed by atoms with Gasteiger partial charge in [-0.1, -0.05) is 54.6 Å². The van der Waals surface area contributed by atoms with Gasteiger partial charge in [0.25, 0.3) is 0 Å². The van der Waals surface area contributed by atoms with Crippen molar-refractivity contribution in [3.63, 3.8) is 0 Å². The molecule has 0 saturated heterocycles. The molecule has 0 radical (unpaired) electrons. The third kappa shape index (κ3) is 2.78. The smallest absolute Gasteiger partial charge is 0.144 e. The van der Waals surface area contributed by atoms with Gasteiger partial charge in [0.1, 0.15) is 5.82 Å². The van der Waals surface area contributed by atoms with E-state index in [1.165, 1.54) is 33.1 Å². The highest BCUT2D eigenvalue weighted by Gasteiger charge is 2.15. The lowest BCUT2D eigenvalue weighted by atomic mass is 10.1. The highest BCUT2D eigenvalue weighted by molar-refractivity contribution is 6.10. The molecule has 0 saturated carbocycles. The van der Waals surface area contributed by atoms with Crippen molar-refractivity contribution < 1.29 is 0 Å². The number of para-hydroxylation sites is 3. The van der Waals surface area contributed by atoms with E-state index in [-0.39, 0.29) is 0 Å². The largest absolute Gasteiger partial charge is 0.309 e. The summed E-state index contributed by atoms with van der Waals surface area (Å²) in [5.41, 5.74) is 7.07. The average molecular weight is 399 g/mol. The Hall–Kier alpha value is -4.11. The fraction of sp³-hybridized carbons (Fsp3) is 0.0357. The third-order valence-electron chi connectivity index (χ3n) is 5.96. The monoisotopic (exact) mass is 399 g/mol. The summed E-state index contributed by atoms with van der Waals surface area (Å²) in [5, 5.41) is 2.48. The molecule has 3 heteroatoms. The van der Waals surface area contributed by atoms with Gasteiger partial charge in [-0.2, -0.15) is 0 Å². The number of rotatable bonds is 3. The lowest BCUT2D eigenvalue weighted by Crippen LogP contribution is -1.98. The van der Waals surface area contributed by atoms with Gasteiger partial charge in [0.05, 0.1) is 11.0 Å². The molecule has 0 aliphatic rings. The molecular formula is C28H21N3. The van der Waals surface area contributed by atoms with E-state index in [1.807, 2.05) is 12.4 Å². The Morgan fingerprint density at radius 3 is 2.29 bits per heavy atom. The summed E-state index contributed by atoms with van der Waals surface area (Å²) < 4.78 is 4.51. The van der Waals surface area contributed by atoms with Crippen LogP contribution in [0.2, 0.25) is 0 Å². The maximum atomic E-state index is 4.71. The Labute approximate surface area is 180 Å². The van der Waals surface area contributed by atoms with Crippen LogP contribution in [0.3, 0.4) is 0 Å². The van der Waals surface area contributed by atoms with Gasteiger partial charge in [-0.25, -0.2) is 4.98 Å². The van der Waals surface area contributed by atoms with Crippen molar-refractivity contribution in [2.45, 2.75) is 6.92 Å². The molecule has 6 aromatic rings. The van der Waals surface area contributed by atoms with Crippen LogP contribution in [0.4, 0.5) is 0 Å². The van der Waals surface area contributed by atoms with E-state index in [2.05, 4.69) is 113 Å². The topological polar surface area (TPSA) is 22.8 Å². The summed E-state index contributed by atoms with van der Waals surface area (Å²) >= 11 is 0. The van der Waals surface area contributed by atoms with Gasteiger partial charge in [-0.05, 0) is 55.0 Å². The van der Waals surface area contributed by atoms with E-state index >= 15 is 0 Å². The SMILES string of the molecule is Cc1ccccc1-n1ccnc1-c1ccc2c(c1)c1ccccc1n2-c1ccccc1. The average Bonchev–Trinajstić information content (AvgIpc) is 3.42. The molecule has 6 rings (SSSR count). The second kappa shape index (κ2) is 6.99. The number of hydrogen-bond donors (Lipinski definition) is 0. The van der Waals surface area contributed by atoms with E-state index < -0.39 is 0 Å². The van der Waals surface area contributed by atoms with Crippen LogP contribution >= 0.6 is 0 Å². The molecule has 2 aromatic heterocycles. The van der Waals surface area contributed by atoms with E-state index in [9.17, 15) is 0 Å². The van der Waals surface area contributed by atoms with Gasteiger partial charge in [-0.15, -0.1) is 0 Å². The minimum absolute atomic E-state index is 0.952. The van der Waals surface area contributed by atoms with Gasteiger partial charge in [0.15, 0.2) is 0 Å². The van der Waals surface area contributed by atoms with Crippen LogP contribution in [0.15, 0.2) is 109 Å². The molecule has 0 aliphatic heterocycles. The van der Waals surface area contributed by atoms with Crippen molar-refractivity contribution >= 4 is 21.8 Å². The lowest BCUT2D eigenvalue weighted by Gasteiger charge is -2.11. The van der Waals surface area contributed by atoms with Gasteiger partial charge in [-0.3, -0.25) is 4.57 Å². The first-order valence-corrected chi connectivity index (χ1v) is 10.5. The van der Waals surface area contributed by atoms with Gasteiger partial charge < -0.3 is 4.57 Å². The van der Waals surface area contributed by atoms with Crippen LogP contribution in [0, 0.1) is 6.92 Å². The number of benzene rings is 4. The molecule has 31 heavy (non-hydrogen) atoms. The van der Waals surface area contributed by atoms with E-state index in [0.29, 0.717) is 0 Å². The van der Waals surface area contributed by atoms with Crippen LogP contribution in [0.5, 0.6) is 0 Å². The highest BCUT2D eigenvalue weighted by atomic mass is 15.1. The number of nitrogens with zero attached hydrogens (tertiary/aromatic N) is 3. The number of imidazole rings is 1. The number of aryl methyl sites for hydroxylation is 1. The minimum atomic E-state index is 0.952. The van der Waals surface area contributed by atoms with Gasteiger partial charge in [0.2, 0.25) is 0 Å². The Balaban J connectivity index is 1.61. The molecule has 0 unspecified atom stereocenters. The van der Waals surface area contributed by atoms with Crippen LogP contribution in [-0.2, 0) is 0 Å². The summed E-state index contributed by atoms with van der Waals surface area (Å²) in [5.74, 6) is 0.952. The summed E-state index contributed by atoms with van der Waals surface area (Å²) in [7, 11) is 0. The Morgan fingerprint density at radius 2 is 1.42 bits per heavy atom. The summed E-state index contributed by atoms with van der Waals surface area (Å²) in [6.45, 7) is 2.13. The van der Waals surface area contributed by atoms with Crippen molar-refractivity contribution in [3.8, 4) is 22.8 Å². The van der Waals surface area contributed by atoms with Crippen LogP contribution < -0.4 is 0 Å². The Morgan fingerprint density at radius 1 is 0.677 bits per heavy atom. The molecule has 3 nitrogen and oxygen atoms in total. The molecule has 0 atom stereocenters. The fourth-order valence-corrected chi connectivity index (χ4v) is 4.51. The molecule has 0 fully saturated rings. The molecule has 0 spiro atoms. The molecule has 0 bridgehead atoms. The zero-order chi connectivity index (χ0) is 20.8. The highest BCUT2D eigenvalue weighted by Crippen LogP contribution is 2.35. The van der Waals surface area contributed by atoms with Crippen LogP contribution in [0.25, 0.3) is 44.6 Å². The number of hydrogen-bond acceptors (Lipinski definition) is 1. The zero-order valence-electron chi connectivity index (χ0n) is 17.2. The van der Waals surface area contributed by atoms with Gasteiger partial charge in [0, 0.05) is 40.1 Å². The first-order chi connectivity index (χ1) is 15.3. The molecule has 148 valence electrons. The van der Waals surface area contributed by atoms with Crippen molar-refractivity contribution in [1.82, 2.24) is 14.1 Å². The first-order valence-electron chi connectivity index (χ1n) is 10.5. The van der Waals surface area contributed by atoms with E-state index in [1.54, 1.807) is 0 Å². The van der Waals surface area contributed by atoms with Crippen molar-refractivity contribution in [2.24, 2.45) is 0 Å². The maximum absolute atomic E-state index is 4.71. The van der Waals surface area contributed by atoms with E-state index in [0.717, 1.165) is 17.1 Å². The molecule has 0 N–H and O–H groups in total. The number of aromatic nitrogens is 3. The van der Waals surface area contributed by atoms with E-state index in [4.69, 9.17) is 4.98 Å². The van der Waals surface area contributed by atoms with Gasteiger partial charge >= 0.3 is 0 Å². The normalized spacial score (nSPS) is 11.4. The summed E-state index contributed by atoms with van der Waals surface area (Å²) in [6, 6.07) is 34.2.